The summed E-state index contributed by atoms with van der Waals surface area (Å²) in [6.45, 7) is 3.66. The van der Waals surface area contributed by atoms with Crippen LogP contribution in [0.5, 0.6) is 0 Å². The van der Waals surface area contributed by atoms with Crippen LogP contribution in [0.4, 0.5) is 0 Å². The first-order valence-corrected chi connectivity index (χ1v) is 6.98. The number of halogens is 1. The molecule has 1 aromatic rings. The lowest BCUT2D eigenvalue weighted by Crippen LogP contribution is -2.32. The number of nitriles is 1. The van der Waals surface area contributed by atoms with Crippen molar-refractivity contribution in [1.82, 2.24) is 4.72 Å². The number of benzene rings is 1. The van der Waals surface area contributed by atoms with Crippen LogP contribution in [0.3, 0.4) is 0 Å². The molecule has 92 valence electrons. The molecule has 0 heterocycles. The molecule has 6 heteroatoms. The van der Waals surface area contributed by atoms with Crippen LogP contribution in [-0.2, 0) is 10.0 Å². The van der Waals surface area contributed by atoms with E-state index < -0.39 is 10.0 Å². The Labute approximate surface area is 106 Å². The molecule has 4 nitrogen and oxygen atoms in total. The van der Waals surface area contributed by atoms with Gasteiger partial charge in [0.1, 0.15) is 4.90 Å². The van der Waals surface area contributed by atoms with Crippen molar-refractivity contribution >= 4 is 21.6 Å². The van der Waals surface area contributed by atoms with Crippen LogP contribution in [0.1, 0.15) is 25.8 Å². The van der Waals surface area contributed by atoms with Crippen molar-refractivity contribution in [2.45, 2.75) is 31.2 Å². The fraction of sp³-hybridized carbons (Fsp3) is 0.364. The van der Waals surface area contributed by atoms with E-state index in [0.29, 0.717) is 12.0 Å². The zero-order valence-electron chi connectivity index (χ0n) is 9.57. The topological polar surface area (TPSA) is 70.0 Å². The highest BCUT2D eigenvalue weighted by Gasteiger charge is 2.19. The lowest BCUT2D eigenvalue weighted by molar-refractivity contribution is 0.556. The van der Waals surface area contributed by atoms with Crippen LogP contribution < -0.4 is 4.72 Å². The number of hydrogen-bond donors (Lipinski definition) is 1. The van der Waals surface area contributed by atoms with Crippen molar-refractivity contribution in [3.63, 3.8) is 0 Å². The number of hydrogen-bond acceptors (Lipinski definition) is 3. The van der Waals surface area contributed by atoms with Crippen molar-refractivity contribution in [1.29, 1.82) is 5.26 Å². The summed E-state index contributed by atoms with van der Waals surface area (Å²) in [6, 6.07) is 5.84. The molecule has 0 bridgehead atoms. The molecule has 17 heavy (non-hydrogen) atoms. The minimum atomic E-state index is -3.62. The maximum atomic E-state index is 11.9. The smallest absolute Gasteiger partial charge is 0.208 e. The van der Waals surface area contributed by atoms with Gasteiger partial charge in [0.25, 0.3) is 0 Å². The third-order valence-electron chi connectivity index (χ3n) is 2.32. The van der Waals surface area contributed by atoms with E-state index in [1.807, 2.05) is 13.0 Å². The molecule has 1 unspecified atom stereocenters. The molecule has 0 radical (unpaired) electrons. The zero-order chi connectivity index (χ0) is 13.1. The predicted octanol–water partition coefficient (Wildman–Crippen LogP) is 2.29. The van der Waals surface area contributed by atoms with Crippen LogP contribution in [-0.4, -0.2) is 14.5 Å². The van der Waals surface area contributed by atoms with E-state index in [-0.39, 0.29) is 16.0 Å². The molecule has 0 spiro atoms. The molecule has 0 fully saturated rings. The second-order valence-electron chi connectivity index (χ2n) is 3.69. The summed E-state index contributed by atoms with van der Waals surface area (Å²) < 4.78 is 26.4. The lowest BCUT2D eigenvalue weighted by atomic mass is 10.2. The average Bonchev–Trinajstić information content (AvgIpc) is 2.27. The van der Waals surface area contributed by atoms with Gasteiger partial charge in [-0.1, -0.05) is 18.5 Å². The van der Waals surface area contributed by atoms with Crippen molar-refractivity contribution in [2.75, 3.05) is 0 Å². The summed E-state index contributed by atoms with van der Waals surface area (Å²) in [4.78, 5) is -0.00142. The Morgan fingerprint density at radius 3 is 2.65 bits per heavy atom. The lowest BCUT2D eigenvalue weighted by Gasteiger charge is -2.13. The quantitative estimate of drug-likeness (QED) is 0.914. The minimum absolute atomic E-state index is 0.00142. The summed E-state index contributed by atoms with van der Waals surface area (Å²) in [7, 11) is -3.62. The average molecular weight is 273 g/mol. The first-order valence-electron chi connectivity index (χ1n) is 5.12. The molecule has 0 amide bonds. The molecule has 0 aliphatic heterocycles. The van der Waals surface area contributed by atoms with E-state index in [1.54, 1.807) is 6.92 Å². The maximum Gasteiger partial charge on any atom is 0.242 e. The SMILES string of the molecule is CCC(C)NS(=O)(=O)c1ccc(C#N)cc1Cl. The van der Waals surface area contributed by atoms with E-state index in [2.05, 4.69) is 4.72 Å². The van der Waals surface area contributed by atoms with E-state index in [4.69, 9.17) is 16.9 Å². The summed E-state index contributed by atoms with van der Waals surface area (Å²) in [5.74, 6) is 0. The van der Waals surface area contributed by atoms with Crippen molar-refractivity contribution in [3.05, 3.63) is 28.8 Å². The molecule has 1 N–H and O–H groups in total. The fourth-order valence-corrected chi connectivity index (χ4v) is 3.07. The Hall–Kier alpha value is -1.09. The highest BCUT2D eigenvalue weighted by atomic mass is 35.5. The number of nitrogens with one attached hydrogen (secondary N) is 1. The van der Waals surface area contributed by atoms with Gasteiger partial charge in [-0.15, -0.1) is 0 Å². The second kappa shape index (κ2) is 5.50. The first-order chi connectivity index (χ1) is 7.90. The maximum absolute atomic E-state index is 11.9. The van der Waals surface area contributed by atoms with Gasteiger partial charge in [-0.2, -0.15) is 5.26 Å². The van der Waals surface area contributed by atoms with Gasteiger partial charge in [-0.05, 0) is 31.5 Å². The summed E-state index contributed by atoms with van der Waals surface area (Å²) >= 11 is 5.85. The van der Waals surface area contributed by atoms with Crippen LogP contribution in [0.2, 0.25) is 5.02 Å². The molecule has 1 rings (SSSR count). The fourth-order valence-electron chi connectivity index (χ4n) is 1.20. The Morgan fingerprint density at radius 2 is 2.18 bits per heavy atom. The van der Waals surface area contributed by atoms with Gasteiger partial charge in [0.05, 0.1) is 16.7 Å². The molecule has 0 aliphatic carbocycles. The highest BCUT2D eigenvalue weighted by Crippen LogP contribution is 2.22. The molecular formula is C11H13ClN2O2S. The number of nitrogens with zero attached hydrogens (tertiary/aromatic N) is 1. The largest absolute Gasteiger partial charge is 0.242 e. The Bertz CT molecular complexity index is 549. The standard InChI is InChI=1S/C11H13ClN2O2S/c1-3-8(2)14-17(15,16)11-5-4-9(7-13)6-10(11)12/h4-6,8,14H,3H2,1-2H3. The van der Waals surface area contributed by atoms with Crippen molar-refractivity contribution in [3.8, 4) is 6.07 Å². The predicted molar refractivity (Wildman–Crippen MR) is 66.2 cm³/mol. The van der Waals surface area contributed by atoms with Gasteiger partial charge >= 0.3 is 0 Å². The van der Waals surface area contributed by atoms with Crippen LogP contribution in [0, 0.1) is 11.3 Å². The molecule has 1 atom stereocenters. The van der Waals surface area contributed by atoms with E-state index in [0.717, 1.165) is 0 Å². The molecule has 0 saturated heterocycles. The van der Waals surface area contributed by atoms with Crippen LogP contribution in [0.25, 0.3) is 0 Å². The van der Waals surface area contributed by atoms with E-state index in [9.17, 15) is 8.42 Å². The summed E-state index contributed by atoms with van der Waals surface area (Å²) in [5, 5.41) is 8.72. The minimum Gasteiger partial charge on any atom is -0.208 e. The molecule has 1 aromatic carbocycles. The van der Waals surface area contributed by atoms with E-state index in [1.165, 1.54) is 18.2 Å². The Balaban J connectivity index is 3.13. The van der Waals surface area contributed by atoms with Crippen LogP contribution in [0.15, 0.2) is 23.1 Å². The van der Waals surface area contributed by atoms with Gasteiger partial charge in [-0.3, -0.25) is 0 Å². The van der Waals surface area contributed by atoms with Gasteiger partial charge < -0.3 is 0 Å². The first kappa shape index (κ1) is 14.0. The molecule has 0 aliphatic rings. The Morgan fingerprint density at radius 1 is 1.53 bits per heavy atom. The second-order valence-corrected chi connectivity index (χ2v) is 5.78. The van der Waals surface area contributed by atoms with Crippen LogP contribution >= 0.6 is 11.6 Å². The van der Waals surface area contributed by atoms with Crippen molar-refractivity contribution < 1.29 is 8.42 Å². The summed E-state index contributed by atoms with van der Waals surface area (Å²) in [5.41, 5.74) is 0.331. The van der Waals surface area contributed by atoms with Gasteiger partial charge in [0.2, 0.25) is 10.0 Å². The normalized spacial score (nSPS) is 13.1. The highest BCUT2D eigenvalue weighted by molar-refractivity contribution is 7.89. The van der Waals surface area contributed by atoms with Crippen molar-refractivity contribution in [2.24, 2.45) is 0 Å². The van der Waals surface area contributed by atoms with Gasteiger partial charge in [-0.25, -0.2) is 13.1 Å². The summed E-state index contributed by atoms with van der Waals surface area (Å²) in [6.07, 6.45) is 0.688. The molecule has 0 saturated carbocycles. The third-order valence-corrected chi connectivity index (χ3v) is 4.39. The molecule has 0 aromatic heterocycles. The van der Waals surface area contributed by atoms with E-state index >= 15 is 0 Å². The van der Waals surface area contributed by atoms with Gasteiger partial charge in [0.15, 0.2) is 0 Å². The molecular weight excluding hydrogens is 260 g/mol. The Kier molecular flexibility index (Phi) is 4.52. The van der Waals surface area contributed by atoms with Gasteiger partial charge in [0, 0.05) is 6.04 Å². The number of rotatable bonds is 4. The third kappa shape index (κ3) is 3.43. The number of sulfonamides is 1. The monoisotopic (exact) mass is 272 g/mol. The zero-order valence-corrected chi connectivity index (χ0v) is 11.1.